The Hall–Kier alpha value is -3.50. The number of terminal acetylenes is 1. The molecular formula is C35H40Cl2F2N4O2. The SMILES string of the molecule is C#Cc1cccc(C2(NC[C@H](O)[C@H](Cc3cc(F)cc(F)c3)NC(=O)c3cc(C#N)cc(CN(C)CCCC)c3)CC2)c1.Cl.Cl. The molecule has 45 heavy (non-hydrogen) atoms. The number of nitrogens with zero attached hydrogens (tertiary/aromatic N) is 2. The van der Waals surface area contributed by atoms with Crippen molar-refractivity contribution in [3.63, 3.8) is 0 Å². The molecule has 4 rings (SSSR count). The highest BCUT2D eigenvalue weighted by Gasteiger charge is 2.44. The molecule has 6 nitrogen and oxygen atoms in total. The number of aliphatic hydroxyl groups is 1. The lowest BCUT2D eigenvalue weighted by molar-refractivity contribution is 0.0822. The molecular weight excluding hydrogens is 617 g/mol. The van der Waals surface area contributed by atoms with E-state index < -0.39 is 29.7 Å². The molecule has 1 aliphatic carbocycles. The normalized spacial score (nSPS) is 14.2. The standard InChI is InChI=1S/C35H38F2N4O2.2ClH/c1-4-6-12-41(3)23-27-13-26(21-38)14-28(15-27)34(43)40-32(19-25-17-30(36)20-31(37)18-25)33(42)22-39-35(10-11-35)29-9-7-8-24(5-2)16-29;;/h2,7-9,13-18,20,32-33,39,42H,4,6,10-12,19,22-23H2,1,3H3,(H,40,43);2*1H/t32-,33-;;/m0../s1. The number of halogens is 4. The summed E-state index contributed by atoms with van der Waals surface area (Å²) in [7, 11) is 1.99. The van der Waals surface area contributed by atoms with Crippen molar-refractivity contribution in [2.45, 2.75) is 63.3 Å². The summed E-state index contributed by atoms with van der Waals surface area (Å²) in [5.41, 5.74) is 3.19. The van der Waals surface area contributed by atoms with E-state index >= 15 is 0 Å². The molecule has 0 spiro atoms. The topological polar surface area (TPSA) is 88.4 Å². The largest absolute Gasteiger partial charge is 0.390 e. The van der Waals surface area contributed by atoms with Gasteiger partial charge in [0.25, 0.3) is 5.91 Å². The lowest BCUT2D eigenvalue weighted by Crippen LogP contribution is -2.50. The Balaban J connectivity index is 0.00000353. The molecule has 1 amide bonds. The molecule has 0 bridgehead atoms. The molecule has 1 aliphatic rings. The fourth-order valence-electron chi connectivity index (χ4n) is 5.36. The minimum atomic E-state index is -1.10. The van der Waals surface area contributed by atoms with Crippen molar-refractivity contribution in [2.24, 2.45) is 0 Å². The van der Waals surface area contributed by atoms with Crippen molar-refractivity contribution >= 4 is 30.7 Å². The van der Waals surface area contributed by atoms with Gasteiger partial charge in [0.15, 0.2) is 0 Å². The van der Waals surface area contributed by atoms with Crippen LogP contribution < -0.4 is 10.6 Å². The molecule has 0 unspecified atom stereocenters. The second-order valence-electron chi connectivity index (χ2n) is 11.4. The van der Waals surface area contributed by atoms with Crippen LogP contribution in [0.5, 0.6) is 0 Å². The van der Waals surface area contributed by atoms with Gasteiger partial charge in [0.2, 0.25) is 0 Å². The third-order valence-corrected chi connectivity index (χ3v) is 7.87. The first-order chi connectivity index (χ1) is 20.6. The highest BCUT2D eigenvalue weighted by molar-refractivity contribution is 5.95. The predicted octanol–water partition coefficient (Wildman–Crippen LogP) is 5.87. The van der Waals surface area contributed by atoms with Crippen molar-refractivity contribution in [2.75, 3.05) is 20.1 Å². The number of rotatable bonds is 14. The lowest BCUT2D eigenvalue weighted by Gasteiger charge is -2.27. The van der Waals surface area contributed by atoms with Crippen LogP contribution in [-0.4, -0.2) is 48.2 Å². The van der Waals surface area contributed by atoms with E-state index in [-0.39, 0.29) is 48.9 Å². The maximum atomic E-state index is 14.0. The number of nitrogens with one attached hydrogen (secondary N) is 2. The Morgan fingerprint density at radius 2 is 1.78 bits per heavy atom. The molecule has 0 saturated heterocycles. The van der Waals surface area contributed by atoms with E-state index in [1.807, 2.05) is 31.3 Å². The van der Waals surface area contributed by atoms with Crippen molar-refractivity contribution in [3.05, 3.63) is 106 Å². The van der Waals surface area contributed by atoms with Crippen molar-refractivity contribution in [1.29, 1.82) is 5.26 Å². The van der Waals surface area contributed by atoms with Gasteiger partial charge in [-0.3, -0.25) is 4.79 Å². The van der Waals surface area contributed by atoms with Gasteiger partial charge in [-0.2, -0.15) is 5.26 Å². The summed E-state index contributed by atoms with van der Waals surface area (Å²) in [5.74, 6) is 0.680. The van der Waals surface area contributed by atoms with Gasteiger partial charge in [-0.15, -0.1) is 31.2 Å². The number of amides is 1. The van der Waals surface area contributed by atoms with E-state index in [9.17, 15) is 23.9 Å². The van der Waals surface area contributed by atoms with E-state index in [1.54, 1.807) is 12.1 Å². The monoisotopic (exact) mass is 656 g/mol. The van der Waals surface area contributed by atoms with Gasteiger partial charge in [0.05, 0.1) is 23.8 Å². The first-order valence-electron chi connectivity index (χ1n) is 14.6. The van der Waals surface area contributed by atoms with Gasteiger partial charge in [0, 0.05) is 35.8 Å². The smallest absolute Gasteiger partial charge is 0.251 e. The van der Waals surface area contributed by atoms with Crippen molar-refractivity contribution < 1.29 is 18.7 Å². The molecule has 3 aromatic rings. The highest BCUT2D eigenvalue weighted by Crippen LogP contribution is 2.45. The zero-order valence-electron chi connectivity index (χ0n) is 25.5. The lowest BCUT2D eigenvalue weighted by atomic mass is 9.98. The third-order valence-electron chi connectivity index (χ3n) is 7.87. The molecule has 2 atom stereocenters. The minimum Gasteiger partial charge on any atom is -0.390 e. The van der Waals surface area contributed by atoms with E-state index in [4.69, 9.17) is 6.42 Å². The number of hydrogen-bond donors (Lipinski definition) is 3. The van der Waals surface area contributed by atoms with Crippen LogP contribution in [-0.2, 0) is 18.5 Å². The van der Waals surface area contributed by atoms with E-state index in [1.165, 1.54) is 18.2 Å². The minimum absolute atomic E-state index is 0. The van der Waals surface area contributed by atoms with Gasteiger partial charge in [0.1, 0.15) is 11.6 Å². The maximum absolute atomic E-state index is 14.0. The number of nitriles is 1. The molecule has 0 heterocycles. The van der Waals surface area contributed by atoms with E-state index in [0.29, 0.717) is 17.7 Å². The van der Waals surface area contributed by atoms with E-state index in [2.05, 4.69) is 34.4 Å². The molecule has 0 aliphatic heterocycles. The molecule has 1 saturated carbocycles. The fourth-order valence-corrected chi connectivity index (χ4v) is 5.36. The Morgan fingerprint density at radius 1 is 1.07 bits per heavy atom. The number of unbranched alkanes of at least 4 members (excludes halogenated alkanes) is 1. The average Bonchev–Trinajstić information content (AvgIpc) is 3.79. The Labute approximate surface area is 277 Å². The average molecular weight is 658 g/mol. The third kappa shape index (κ3) is 10.5. The fraction of sp³-hybridized carbons (Fsp3) is 0.371. The molecule has 3 N–H and O–H groups in total. The predicted molar refractivity (Wildman–Crippen MR) is 178 cm³/mol. The first kappa shape index (κ1) is 37.7. The van der Waals surface area contributed by atoms with Crippen LogP contribution >= 0.6 is 24.8 Å². The molecule has 240 valence electrons. The van der Waals surface area contributed by atoms with Crippen LogP contribution in [0.3, 0.4) is 0 Å². The van der Waals surface area contributed by atoms with Gasteiger partial charge < -0.3 is 20.6 Å². The van der Waals surface area contributed by atoms with Crippen molar-refractivity contribution in [1.82, 2.24) is 15.5 Å². The van der Waals surface area contributed by atoms with Crippen LogP contribution in [0.15, 0.2) is 60.7 Å². The molecule has 1 fully saturated rings. The van der Waals surface area contributed by atoms with Crippen molar-refractivity contribution in [3.8, 4) is 18.4 Å². The summed E-state index contributed by atoms with van der Waals surface area (Å²) < 4.78 is 28.1. The maximum Gasteiger partial charge on any atom is 0.251 e. The summed E-state index contributed by atoms with van der Waals surface area (Å²) in [6, 6.07) is 17.1. The van der Waals surface area contributed by atoms with Crippen LogP contribution in [0.1, 0.15) is 70.8 Å². The number of aliphatic hydroxyl groups excluding tert-OH is 1. The quantitative estimate of drug-likeness (QED) is 0.189. The Bertz CT molecular complexity index is 1510. The first-order valence-corrected chi connectivity index (χ1v) is 14.6. The zero-order valence-corrected chi connectivity index (χ0v) is 27.1. The molecule has 0 radical (unpaired) electrons. The molecule has 10 heteroatoms. The second-order valence-corrected chi connectivity index (χ2v) is 11.4. The number of benzene rings is 3. The number of hydrogen-bond acceptors (Lipinski definition) is 5. The van der Waals surface area contributed by atoms with Crippen LogP contribution in [0.2, 0.25) is 0 Å². The molecule has 0 aromatic heterocycles. The van der Waals surface area contributed by atoms with Gasteiger partial charge >= 0.3 is 0 Å². The summed E-state index contributed by atoms with van der Waals surface area (Å²) in [6.07, 6.45) is 8.29. The number of carbonyl (C=O) groups is 1. The summed E-state index contributed by atoms with van der Waals surface area (Å²) in [4.78, 5) is 15.7. The van der Waals surface area contributed by atoms with Gasteiger partial charge in [-0.05, 0) is 98.4 Å². The van der Waals surface area contributed by atoms with Crippen LogP contribution in [0, 0.1) is 35.3 Å². The molecule has 3 aromatic carbocycles. The van der Waals surface area contributed by atoms with E-state index in [0.717, 1.165) is 55.0 Å². The Kier molecular flexibility index (Phi) is 14.5. The highest BCUT2D eigenvalue weighted by atomic mass is 35.5. The van der Waals surface area contributed by atoms with Gasteiger partial charge in [-0.25, -0.2) is 8.78 Å². The summed E-state index contributed by atoms with van der Waals surface area (Å²) in [6.45, 7) is 3.69. The van der Waals surface area contributed by atoms with Gasteiger partial charge in [-0.1, -0.05) is 31.4 Å². The Morgan fingerprint density at radius 3 is 2.40 bits per heavy atom. The summed E-state index contributed by atoms with van der Waals surface area (Å²) in [5, 5.41) is 27.3. The van der Waals surface area contributed by atoms with Crippen LogP contribution in [0.4, 0.5) is 8.78 Å². The second kappa shape index (κ2) is 17.3. The van der Waals surface area contributed by atoms with Crippen LogP contribution in [0.25, 0.3) is 0 Å². The number of carbonyl (C=O) groups excluding carboxylic acids is 1. The summed E-state index contributed by atoms with van der Waals surface area (Å²) >= 11 is 0. The zero-order chi connectivity index (χ0) is 31.0.